The van der Waals surface area contributed by atoms with Crippen LogP contribution in [-0.4, -0.2) is 78.8 Å². The maximum Gasteiger partial charge on any atom is 0.320 e. The van der Waals surface area contributed by atoms with Crippen molar-refractivity contribution in [3.63, 3.8) is 0 Å². The smallest absolute Gasteiger partial charge is 0.320 e. The predicted octanol–water partition coefficient (Wildman–Crippen LogP) is -0.260. The molecule has 1 saturated heterocycles. The van der Waals surface area contributed by atoms with Gasteiger partial charge in [-0.1, -0.05) is 6.92 Å². The van der Waals surface area contributed by atoms with E-state index in [-0.39, 0.29) is 31.4 Å². The lowest BCUT2D eigenvalue weighted by molar-refractivity contribution is -0.141. The van der Waals surface area contributed by atoms with Gasteiger partial charge in [0.25, 0.3) is 0 Å². The number of rotatable bonds is 6. The van der Waals surface area contributed by atoms with Crippen molar-refractivity contribution in [1.82, 2.24) is 15.1 Å². The van der Waals surface area contributed by atoms with Crippen molar-refractivity contribution in [2.24, 2.45) is 0 Å². The molecule has 1 aliphatic rings. The van der Waals surface area contributed by atoms with Crippen LogP contribution < -0.4 is 5.32 Å². The largest absolute Gasteiger partial charge is 0.481 e. The van der Waals surface area contributed by atoms with Crippen LogP contribution in [0.5, 0.6) is 0 Å². The lowest BCUT2D eigenvalue weighted by Gasteiger charge is -2.35. The van der Waals surface area contributed by atoms with Gasteiger partial charge in [0.15, 0.2) is 0 Å². The number of amides is 3. The summed E-state index contributed by atoms with van der Waals surface area (Å²) in [5, 5.41) is 11.3. The van der Waals surface area contributed by atoms with Crippen molar-refractivity contribution in [3.05, 3.63) is 0 Å². The number of likely N-dealkylation sites (N-methyl/N-ethyl adjacent to an activating group) is 1. The van der Waals surface area contributed by atoms with E-state index in [0.29, 0.717) is 19.7 Å². The van der Waals surface area contributed by atoms with E-state index in [2.05, 4.69) is 5.32 Å². The summed E-state index contributed by atoms with van der Waals surface area (Å²) < 4.78 is 5.34. The zero-order valence-electron chi connectivity index (χ0n) is 12.5. The van der Waals surface area contributed by atoms with Crippen LogP contribution in [-0.2, 0) is 14.3 Å². The van der Waals surface area contributed by atoms with Crippen LogP contribution in [0.1, 0.15) is 19.8 Å². The van der Waals surface area contributed by atoms with Crippen LogP contribution in [0.4, 0.5) is 4.79 Å². The van der Waals surface area contributed by atoms with Gasteiger partial charge in [0.05, 0.1) is 19.1 Å². The normalized spacial score (nSPS) is 18.2. The molecule has 1 atom stereocenters. The molecule has 21 heavy (non-hydrogen) atoms. The van der Waals surface area contributed by atoms with Crippen molar-refractivity contribution in [2.45, 2.75) is 25.9 Å². The molecule has 1 heterocycles. The molecule has 0 radical (unpaired) electrons. The zero-order chi connectivity index (χ0) is 15.8. The van der Waals surface area contributed by atoms with E-state index in [1.165, 1.54) is 11.9 Å². The number of hydrogen-bond donors (Lipinski definition) is 2. The fraction of sp³-hybridized carbons (Fsp3) is 0.769. The van der Waals surface area contributed by atoms with Crippen LogP contribution in [0.2, 0.25) is 0 Å². The number of carbonyl (C=O) groups is 3. The van der Waals surface area contributed by atoms with Crippen LogP contribution in [0.25, 0.3) is 0 Å². The third-order valence-corrected chi connectivity index (χ3v) is 3.19. The number of hydrogen-bond acceptors (Lipinski definition) is 4. The molecule has 0 aliphatic carbocycles. The van der Waals surface area contributed by atoms with Crippen molar-refractivity contribution < 1.29 is 24.2 Å². The van der Waals surface area contributed by atoms with E-state index in [9.17, 15) is 14.4 Å². The SMILES string of the molecule is CCCN(CC(=O)NC)C(=O)N1CCOC(CC(=O)O)C1. The molecule has 1 rings (SSSR count). The lowest BCUT2D eigenvalue weighted by atomic mass is 10.2. The number of carboxylic acid groups (broad SMARTS) is 1. The second kappa shape index (κ2) is 8.46. The molecule has 0 aromatic carbocycles. The number of carboxylic acids is 1. The molecule has 1 unspecified atom stereocenters. The number of nitrogens with one attached hydrogen (secondary N) is 1. The summed E-state index contributed by atoms with van der Waals surface area (Å²) in [6.45, 7) is 3.36. The van der Waals surface area contributed by atoms with Crippen molar-refractivity contribution >= 4 is 17.9 Å². The van der Waals surface area contributed by atoms with Gasteiger partial charge >= 0.3 is 12.0 Å². The van der Waals surface area contributed by atoms with Crippen LogP contribution in [0, 0.1) is 0 Å². The molecule has 2 N–H and O–H groups in total. The van der Waals surface area contributed by atoms with E-state index >= 15 is 0 Å². The Morgan fingerprint density at radius 2 is 2.14 bits per heavy atom. The molecule has 8 nitrogen and oxygen atoms in total. The molecule has 8 heteroatoms. The molecule has 0 aromatic rings. The minimum absolute atomic E-state index is 0.00409. The Labute approximate surface area is 124 Å². The number of aliphatic carboxylic acids is 1. The molecule has 0 saturated carbocycles. The average Bonchev–Trinajstić information content (AvgIpc) is 2.45. The van der Waals surface area contributed by atoms with E-state index < -0.39 is 12.1 Å². The zero-order valence-corrected chi connectivity index (χ0v) is 12.5. The Hall–Kier alpha value is -1.83. The first kappa shape index (κ1) is 17.2. The topological polar surface area (TPSA) is 99.2 Å². The van der Waals surface area contributed by atoms with E-state index in [4.69, 9.17) is 9.84 Å². The molecule has 0 aromatic heterocycles. The number of carbonyl (C=O) groups excluding carboxylic acids is 2. The molecule has 120 valence electrons. The first-order chi connectivity index (χ1) is 9.97. The summed E-state index contributed by atoms with van der Waals surface area (Å²) in [6, 6.07) is -0.251. The molecule has 1 aliphatic heterocycles. The fourth-order valence-corrected chi connectivity index (χ4v) is 2.18. The maximum atomic E-state index is 12.4. The van der Waals surface area contributed by atoms with Gasteiger partial charge in [-0.3, -0.25) is 9.59 Å². The first-order valence-corrected chi connectivity index (χ1v) is 7.05. The summed E-state index contributed by atoms with van der Waals surface area (Å²) in [7, 11) is 1.52. The average molecular weight is 301 g/mol. The van der Waals surface area contributed by atoms with Crippen molar-refractivity contribution in [3.8, 4) is 0 Å². The minimum atomic E-state index is -0.954. The van der Waals surface area contributed by atoms with Crippen LogP contribution in [0.3, 0.4) is 0 Å². The highest BCUT2D eigenvalue weighted by Gasteiger charge is 2.29. The van der Waals surface area contributed by atoms with E-state index in [0.717, 1.165) is 6.42 Å². The van der Waals surface area contributed by atoms with E-state index in [1.54, 1.807) is 4.90 Å². The molecular weight excluding hydrogens is 278 g/mol. The Bertz CT molecular complexity index is 388. The fourth-order valence-electron chi connectivity index (χ4n) is 2.18. The molecule has 3 amide bonds. The molecule has 1 fully saturated rings. The summed E-state index contributed by atoms with van der Waals surface area (Å²) in [6.07, 6.45) is 0.113. The number of urea groups is 1. The highest BCUT2D eigenvalue weighted by molar-refractivity contribution is 5.84. The van der Waals surface area contributed by atoms with Crippen LogP contribution >= 0.6 is 0 Å². The van der Waals surface area contributed by atoms with E-state index in [1.807, 2.05) is 6.92 Å². The second-order valence-electron chi connectivity index (χ2n) is 4.91. The van der Waals surface area contributed by atoms with Gasteiger partial charge in [-0.2, -0.15) is 0 Å². The van der Waals surface area contributed by atoms with Crippen molar-refractivity contribution in [1.29, 1.82) is 0 Å². The summed E-state index contributed by atoms with van der Waals surface area (Å²) in [4.78, 5) is 37.7. The van der Waals surface area contributed by atoms with Crippen molar-refractivity contribution in [2.75, 3.05) is 39.8 Å². The highest BCUT2D eigenvalue weighted by Crippen LogP contribution is 2.11. The maximum absolute atomic E-state index is 12.4. The summed E-state index contributed by atoms with van der Waals surface area (Å²) in [5.74, 6) is -1.18. The summed E-state index contributed by atoms with van der Waals surface area (Å²) in [5.41, 5.74) is 0. The molecular formula is C13H23N3O5. The van der Waals surface area contributed by atoms with Gasteiger partial charge in [0.2, 0.25) is 5.91 Å². The first-order valence-electron chi connectivity index (χ1n) is 7.05. The van der Waals surface area contributed by atoms with Crippen LogP contribution in [0.15, 0.2) is 0 Å². The summed E-state index contributed by atoms with van der Waals surface area (Å²) >= 11 is 0. The van der Waals surface area contributed by atoms with Gasteiger partial charge in [0.1, 0.15) is 6.54 Å². The Morgan fingerprint density at radius 3 is 2.71 bits per heavy atom. The number of morpholine rings is 1. The highest BCUT2D eigenvalue weighted by atomic mass is 16.5. The predicted molar refractivity (Wildman–Crippen MR) is 74.9 cm³/mol. The lowest BCUT2D eigenvalue weighted by Crippen LogP contribution is -2.53. The minimum Gasteiger partial charge on any atom is -0.481 e. The monoisotopic (exact) mass is 301 g/mol. The molecule has 0 bridgehead atoms. The third-order valence-electron chi connectivity index (χ3n) is 3.19. The van der Waals surface area contributed by atoms with Gasteiger partial charge in [-0.25, -0.2) is 4.79 Å². The Morgan fingerprint density at radius 1 is 1.43 bits per heavy atom. The third kappa shape index (κ3) is 5.58. The van der Waals surface area contributed by atoms with Gasteiger partial charge in [-0.05, 0) is 6.42 Å². The van der Waals surface area contributed by atoms with Gasteiger partial charge in [-0.15, -0.1) is 0 Å². The Kier molecular flexibility index (Phi) is 6.93. The quantitative estimate of drug-likeness (QED) is 0.704. The molecule has 0 spiro atoms. The van der Waals surface area contributed by atoms with Gasteiger partial charge in [0, 0.05) is 26.7 Å². The standard InChI is InChI=1S/C13H23N3O5/c1-3-4-15(9-11(17)14-2)13(20)16-5-6-21-10(8-16)7-12(18)19/h10H,3-9H2,1-2H3,(H,14,17)(H,18,19). The van der Waals surface area contributed by atoms with Gasteiger partial charge < -0.3 is 25.0 Å². The number of ether oxygens (including phenoxy) is 1. The second-order valence-corrected chi connectivity index (χ2v) is 4.91. The number of nitrogens with zero attached hydrogens (tertiary/aromatic N) is 2. The Balaban J connectivity index is 2.64.